The Hall–Kier alpha value is -2.53. The van der Waals surface area contributed by atoms with Crippen molar-refractivity contribution in [1.29, 1.82) is 0 Å². The minimum atomic E-state index is -0.367. The third-order valence-corrected chi connectivity index (χ3v) is 4.59. The molecule has 1 aliphatic heterocycles. The molecular weight excluding hydrogens is 312 g/mol. The van der Waals surface area contributed by atoms with E-state index in [-0.39, 0.29) is 11.6 Å². The molecule has 1 aliphatic rings. The van der Waals surface area contributed by atoms with Crippen molar-refractivity contribution >= 4 is 17.2 Å². The molecule has 0 unspecified atom stereocenters. The zero-order valence-corrected chi connectivity index (χ0v) is 13.5. The maximum Gasteiger partial charge on any atom is 0.263 e. The molecule has 7 nitrogen and oxygen atoms in total. The van der Waals surface area contributed by atoms with E-state index in [1.54, 1.807) is 17.1 Å². The highest BCUT2D eigenvalue weighted by Crippen LogP contribution is 2.36. The maximum absolute atomic E-state index is 12.2. The molecule has 0 radical (unpaired) electrons. The number of amides is 1. The average Bonchev–Trinajstić information content (AvgIpc) is 2.96. The van der Waals surface area contributed by atoms with Gasteiger partial charge in [-0.1, -0.05) is 0 Å². The lowest BCUT2D eigenvalue weighted by Gasteiger charge is -2.08. The van der Waals surface area contributed by atoms with Crippen LogP contribution in [-0.2, 0) is 7.05 Å². The predicted octanol–water partition coefficient (Wildman–Crippen LogP) is 2.24. The van der Waals surface area contributed by atoms with Crippen LogP contribution in [0.15, 0.2) is 28.8 Å². The molecule has 3 rings (SSSR count). The first-order valence-corrected chi connectivity index (χ1v) is 8.04. The molecular formula is C15H16N6OS. The lowest BCUT2D eigenvalue weighted by atomic mass is 10.0. The maximum atomic E-state index is 12.2. The van der Waals surface area contributed by atoms with Crippen molar-refractivity contribution in [2.45, 2.75) is 24.9 Å². The van der Waals surface area contributed by atoms with Gasteiger partial charge in [0.15, 0.2) is 5.66 Å². The predicted molar refractivity (Wildman–Crippen MR) is 86.9 cm³/mol. The quantitative estimate of drug-likeness (QED) is 0.791. The minimum Gasteiger partial charge on any atom is -0.351 e. The topological polar surface area (TPSA) is 84.5 Å². The molecule has 0 spiro atoms. The smallest absolute Gasteiger partial charge is 0.263 e. The van der Waals surface area contributed by atoms with Gasteiger partial charge < -0.3 is 5.32 Å². The number of carbonyl (C=O) groups excluding carboxylic acids is 1. The van der Waals surface area contributed by atoms with Crippen molar-refractivity contribution in [3.05, 3.63) is 23.5 Å². The summed E-state index contributed by atoms with van der Waals surface area (Å²) in [4.78, 5) is 17.0. The van der Waals surface area contributed by atoms with Crippen LogP contribution < -0.4 is 5.32 Å². The highest BCUT2D eigenvalue weighted by atomic mass is 32.1. The van der Waals surface area contributed by atoms with Crippen LogP contribution in [0.5, 0.6) is 0 Å². The van der Waals surface area contributed by atoms with Crippen LogP contribution >= 0.6 is 11.3 Å². The van der Waals surface area contributed by atoms with Crippen LogP contribution in [0.3, 0.4) is 0 Å². The van der Waals surface area contributed by atoms with Crippen LogP contribution in [0.25, 0.3) is 10.6 Å². The first-order chi connectivity index (χ1) is 11.1. The van der Waals surface area contributed by atoms with Crippen molar-refractivity contribution < 1.29 is 4.79 Å². The van der Waals surface area contributed by atoms with E-state index in [2.05, 4.69) is 31.5 Å². The Morgan fingerprint density at radius 3 is 2.91 bits per heavy atom. The minimum absolute atomic E-state index is 0.134. The summed E-state index contributed by atoms with van der Waals surface area (Å²) in [5.41, 5.74) is 0.536. The zero-order valence-electron chi connectivity index (χ0n) is 12.7. The first-order valence-electron chi connectivity index (χ1n) is 7.22. The number of hydrogen-bond acceptors (Lipinski definition) is 6. The molecule has 0 atom stereocenters. The van der Waals surface area contributed by atoms with Crippen molar-refractivity contribution in [2.75, 3.05) is 6.54 Å². The van der Waals surface area contributed by atoms with Crippen molar-refractivity contribution in [3.8, 4) is 22.9 Å². The van der Waals surface area contributed by atoms with Gasteiger partial charge in [-0.15, -0.1) is 23.7 Å². The summed E-state index contributed by atoms with van der Waals surface area (Å²) in [6, 6.07) is 0. The van der Waals surface area contributed by atoms with Crippen LogP contribution in [0.1, 0.15) is 28.9 Å². The summed E-state index contributed by atoms with van der Waals surface area (Å²) in [7, 11) is 1.84. The molecule has 118 valence electrons. The second kappa shape index (κ2) is 6.30. The Balaban J connectivity index is 1.51. The van der Waals surface area contributed by atoms with E-state index in [4.69, 9.17) is 6.42 Å². The van der Waals surface area contributed by atoms with Gasteiger partial charge in [0, 0.05) is 44.6 Å². The SMILES string of the molecule is C#CCCC1(CCNC(=O)c2cnc(-c3cnn(C)c3)s2)N=N1. The van der Waals surface area contributed by atoms with Crippen LogP contribution in [0.2, 0.25) is 0 Å². The second-order valence-corrected chi connectivity index (χ2v) is 6.36. The number of nitrogens with one attached hydrogen (secondary N) is 1. The molecule has 2 aromatic heterocycles. The molecule has 8 heteroatoms. The highest BCUT2D eigenvalue weighted by molar-refractivity contribution is 7.16. The average molecular weight is 328 g/mol. The number of thiazole rings is 1. The number of aryl methyl sites for hydroxylation is 1. The number of carbonyl (C=O) groups is 1. The molecule has 0 saturated carbocycles. The summed E-state index contributed by atoms with van der Waals surface area (Å²) >= 11 is 1.34. The highest BCUT2D eigenvalue weighted by Gasteiger charge is 2.38. The fourth-order valence-electron chi connectivity index (χ4n) is 2.18. The van der Waals surface area contributed by atoms with Gasteiger partial charge in [-0.2, -0.15) is 15.3 Å². The molecule has 0 aliphatic carbocycles. The summed E-state index contributed by atoms with van der Waals surface area (Å²) in [6.07, 6.45) is 12.5. The monoisotopic (exact) mass is 328 g/mol. The lowest BCUT2D eigenvalue weighted by Crippen LogP contribution is -2.27. The number of rotatable bonds is 7. The van der Waals surface area contributed by atoms with E-state index in [0.29, 0.717) is 24.3 Å². The van der Waals surface area contributed by atoms with E-state index >= 15 is 0 Å². The first kappa shape index (κ1) is 15.4. The largest absolute Gasteiger partial charge is 0.351 e. The summed E-state index contributed by atoms with van der Waals surface area (Å²) in [5.74, 6) is 2.45. The van der Waals surface area contributed by atoms with Crippen molar-refractivity contribution in [3.63, 3.8) is 0 Å². The summed E-state index contributed by atoms with van der Waals surface area (Å²) in [6.45, 7) is 0.510. The number of nitrogens with zero attached hydrogens (tertiary/aromatic N) is 5. The van der Waals surface area contributed by atoms with E-state index in [0.717, 1.165) is 17.0 Å². The Labute approximate surface area is 137 Å². The van der Waals surface area contributed by atoms with E-state index in [1.165, 1.54) is 11.3 Å². The zero-order chi connectivity index (χ0) is 16.3. The normalized spacial score (nSPS) is 14.4. The number of hydrogen-bond donors (Lipinski definition) is 1. The van der Waals surface area contributed by atoms with Crippen molar-refractivity contribution in [2.24, 2.45) is 17.3 Å². The fourth-order valence-corrected chi connectivity index (χ4v) is 2.98. The summed E-state index contributed by atoms with van der Waals surface area (Å²) in [5, 5.41) is 15.9. The second-order valence-electron chi connectivity index (χ2n) is 5.32. The van der Waals surface area contributed by atoms with Gasteiger partial charge in [-0.05, 0) is 0 Å². The molecule has 0 bridgehead atoms. The van der Waals surface area contributed by atoms with Crippen LogP contribution in [0, 0.1) is 12.3 Å². The van der Waals surface area contributed by atoms with E-state index < -0.39 is 0 Å². The van der Waals surface area contributed by atoms with Gasteiger partial charge in [-0.3, -0.25) is 9.48 Å². The summed E-state index contributed by atoms with van der Waals surface area (Å²) < 4.78 is 1.70. The lowest BCUT2D eigenvalue weighted by molar-refractivity contribution is 0.0955. The Kier molecular flexibility index (Phi) is 4.21. The van der Waals surface area contributed by atoms with Gasteiger partial charge in [0.2, 0.25) is 0 Å². The third kappa shape index (κ3) is 3.63. The standard InChI is InChI=1S/C15H16N6OS/c1-3-4-5-15(19-20-15)6-7-16-13(22)12-9-17-14(23-12)11-8-18-21(2)10-11/h1,8-10H,4-7H2,2H3,(H,16,22). The van der Waals surface area contributed by atoms with Gasteiger partial charge in [0.1, 0.15) is 9.88 Å². The molecule has 1 N–H and O–H groups in total. The number of terminal acetylenes is 1. The van der Waals surface area contributed by atoms with E-state index in [1.807, 2.05) is 13.2 Å². The van der Waals surface area contributed by atoms with Crippen LogP contribution in [-0.4, -0.2) is 32.9 Å². The van der Waals surface area contributed by atoms with Crippen LogP contribution in [0.4, 0.5) is 0 Å². The van der Waals surface area contributed by atoms with Crippen molar-refractivity contribution in [1.82, 2.24) is 20.1 Å². The molecule has 3 heterocycles. The molecule has 0 aromatic carbocycles. The molecule has 23 heavy (non-hydrogen) atoms. The van der Waals surface area contributed by atoms with Gasteiger partial charge in [0.05, 0.1) is 12.4 Å². The third-order valence-electron chi connectivity index (χ3n) is 3.54. The molecule has 1 amide bonds. The molecule has 2 aromatic rings. The Bertz CT molecular complexity index is 778. The van der Waals surface area contributed by atoms with Gasteiger partial charge >= 0.3 is 0 Å². The molecule has 0 fully saturated rings. The number of aromatic nitrogens is 3. The Morgan fingerprint density at radius 1 is 1.43 bits per heavy atom. The van der Waals surface area contributed by atoms with E-state index in [9.17, 15) is 4.79 Å². The fraction of sp³-hybridized carbons (Fsp3) is 0.400. The molecule has 0 saturated heterocycles. The Morgan fingerprint density at radius 2 is 2.26 bits per heavy atom. The van der Waals surface area contributed by atoms with Gasteiger partial charge in [0.25, 0.3) is 5.91 Å². The van der Waals surface area contributed by atoms with Gasteiger partial charge in [-0.25, -0.2) is 4.98 Å².